The monoisotopic (exact) mass is 489 g/mol. The molecule has 0 spiro atoms. The summed E-state index contributed by atoms with van der Waals surface area (Å²) in [6.07, 6.45) is -1.42. The van der Waals surface area contributed by atoms with Crippen molar-refractivity contribution in [3.8, 4) is 11.9 Å². The molecule has 1 atom stereocenters. The fraction of sp³-hybridized carbons (Fsp3) is 0.200. The predicted octanol–water partition coefficient (Wildman–Crippen LogP) is 3.65. The summed E-state index contributed by atoms with van der Waals surface area (Å²) in [6, 6.07) is 4.32. The number of halogens is 4. The molecule has 0 aliphatic heterocycles. The highest BCUT2D eigenvalue weighted by atomic mass is 35.5. The number of hydrogen-bond acceptors (Lipinski definition) is 8. The van der Waals surface area contributed by atoms with Gasteiger partial charge in [0, 0.05) is 6.07 Å². The number of fused-ring (bicyclic) bond motifs is 1. The first kappa shape index (κ1) is 23.0. The van der Waals surface area contributed by atoms with E-state index in [1.807, 2.05) is 0 Å². The van der Waals surface area contributed by atoms with E-state index < -0.39 is 41.0 Å². The molecule has 4 rings (SSSR count). The molecule has 0 aliphatic carbocycles. The van der Waals surface area contributed by atoms with Crippen molar-refractivity contribution in [2.75, 3.05) is 11.1 Å². The SMILES string of the molecule is CCC(Nc1nc(N)nc(C(F)F)c1C#N)c1nc2c(Cl)cc(F)cc2c(=O)n1-c1ccn[nH]1. The summed E-state index contributed by atoms with van der Waals surface area (Å²) in [4.78, 5) is 25.2. The third kappa shape index (κ3) is 3.99. The van der Waals surface area contributed by atoms with Gasteiger partial charge in [0.15, 0.2) is 5.82 Å². The molecule has 0 saturated heterocycles. The molecule has 0 radical (unpaired) electrons. The van der Waals surface area contributed by atoms with E-state index in [9.17, 15) is 23.2 Å². The summed E-state index contributed by atoms with van der Waals surface area (Å²) in [5, 5.41) is 18.6. The Balaban J connectivity index is 1.97. The van der Waals surface area contributed by atoms with Crippen LogP contribution in [0.2, 0.25) is 5.02 Å². The highest BCUT2D eigenvalue weighted by Crippen LogP contribution is 2.30. The highest BCUT2D eigenvalue weighted by molar-refractivity contribution is 6.35. The second-order valence-corrected chi connectivity index (χ2v) is 7.45. The summed E-state index contributed by atoms with van der Waals surface area (Å²) in [5.74, 6) is -1.15. The van der Waals surface area contributed by atoms with Crippen LogP contribution in [0.3, 0.4) is 0 Å². The van der Waals surface area contributed by atoms with Crippen LogP contribution in [-0.4, -0.2) is 29.7 Å². The van der Waals surface area contributed by atoms with E-state index in [0.29, 0.717) is 0 Å². The van der Waals surface area contributed by atoms with Gasteiger partial charge >= 0.3 is 0 Å². The van der Waals surface area contributed by atoms with E-state index in [1.54, 1.807) is 13.0 Å². The number of benzene rings is 1. The highest BCUT2D eigenvalue weighted by Gasteiger charge is 2.26. The zero-order chi connectivity index (χ0) is 24.6. The number of nitrogen functional groups attached to an aromatic ring is 1. The molecule has 34 heavy (non-hydrogen) atoms. The van der Waals surface area contributed by atoms with Gasteiger partial charge < -0.3 is 11.1 Å². The van der Waals surface area contributed by atoms with E-state index in [2.05, 4.69) is 30.5 Å². The van der Waals surface area contributed by atoms with Gasteiger partial charge in [-0.25, -0.2) is 27.7 Å². The van der Waals surface area contributed by atoms with Crippen LogP contribution in [0.4, 0.5) is 24.9 Å². The van der Waals surface area contributed by atoms with Gasteiger partial charge in [-0.3, -0.25) is 9.89 Å². The normalized spacial score (nSPS) is 12.1. The minimum absolute atomic E-state index is 0.0371. The van der Waals surface area contributed by atoms with Gasteiger partial charge in [0.05, 0.1) is 28.2 Å². The van der Waals surface area contributed by atoms with Crippen LogP contribution in [0, 0.1) is 17.1 Å². The van der Waals surface area contributed by atoms with Gasteiger partial charge in [-0.2, -0.15) is 15.3 Å². The van der Waals surface area contributed by atoms with Crippen LogP contribution >= 0.6 is 11.6 Å². The van der Waals surface area contributed by atoms with Crippen molar-refractivity contribution < 1.29 is 13.2 Å². The number of H-pyrrole nitrogens is 1. The summed E-state index contributed by atoms with van der Waals surface area (Å²) in [6.45, 7) is 1.72. The molecule has 3 aromatic heterocycles. The molecule has 4 N–H and O–H groups in total. The zero-order valence-electron chi connectivity index (χ0n) is 17.4. The van der Waals surface area contributed by atoms with E-state index in [0.717, 1.165) is 16.7 Å². The van der Waals surface area contributed by atoms with Crippen molar-refractivity contribution in [2.24, 2.45) is 0 Å². The zero-order valence-corrected chi connectivity index (χ0v) is 18.1. The van der Waals surface area contributed by atoms with Crippen LogP contribution in [0.1, 0.15) is 42.9 Å². The third-order valence-electron chi connectivity index (χ3n) is 4.95. The molecule has 4 aromatic rings. The largest absolute Gasteiger partial charge is 0.368 e. The van der Waals surface area contributed by atoms with Crippen molar-refractivity contribution in [1.82, 2.24) is 29.7 Å². The Morgan fingerprint density at radius 2 is 2.09 bits per heavy atom. The second-order valence-electron chi connectivity index (χ2n) is 7.04. The van der Waals surface area contributed by atoms with E-state index >= 15 is 0 Å². The number of nitriles is 1. The molecule has 0 aliphatic rings. The molecule has 3 heterocycles. The van der Waals surface area contributed by atoms with Gasteiger partial charge in [-0.15, -0.1) is 0 Å². The summed E-state index contributed by atoms with van der Waals surface area (Å²) in [7, 11) is 0. The molecule has 0 saturated carbocycles. The molecule has 0 fully saturated rings. The second kappa shape index (κ2) is 8.99. The molecule has 0 amide bonds. The quantitative estimate of drug-likeness (QED) is 0.371. The number of anilines is 2. The lowest BCUT2D eigenvalue weighted by molar-refractivity contribution is 0.146. The minimum Gasteiger partial charge on any atom is -0.368 e. The fourth-order valence-corrected chi connectivity index (χ4v) is 3.70. The first-order valence-corrected chi connectivity index (χ1v) is 10.2. The fourth-order valence-electron chi connectivity index (χ4n) is 3.45. The standard InChI is InChI=1S/C20H15ClF3N9O/c1-2-12(28-17-10(7-25)15(16(23)24)30-20(26)31-17)18-29-14-9(5-8(22)6-11(14)21)19(34)33(18)13-3-4-27-32-13/h3-6,12,16H,2H2,1H3,(H,27,32)(H3,26,28,30,31). The van der Waals surface area contributed by atoms with Crippen molar-refractivity contribution in [3.63, 3.8) is 0 Å². The van der Waals surface area contributed by atoms with Gasteiger partial charge in [-0.1, -0.05) is 18.5 Å². The number of alkyl halides is 2. The molecule has 14 heteroatoms. The summed E-state index contributed by atoms with van der Waals surface area (Å²) in [5.41, 5.74) is 3.63. The van der Waals surface area contributed by atoms with Crippen molar-refractivity contribution in [1.29, 1.82) is 5.26 Å². The molecule has 174 valence electrons. The van der Waals surface area contributed by atoms with Crippen molar-refractivity contribution in [2.45, 2.75) is 25.8 Å². The van der Waals surface area contributed by atoms with E-state index in [-0.39, 0.29) is 39.8 Å². The maximum absolute atomic E-state index is 14.0. The number of nitrogens with zero attached hydrogens (tertiary/aromatic N) is 6. The lowest BCUT2D eigenvalue weighted by Crippen LogP contribution is -2.29. The molecule has 10 nitrogen and oxygen atoms in total. The molecule has 1 aromatic carbocycles. The molecule has 0 bridgehead atoms. The number of nitrogens with one attached hydrogen (secondary N) is 2. The van der Waals surface area contributed by atoms with Gasteiger partial charge in [-0.05, 0) is 18.6 Å². The van der Waals surface area contributed by atoms with Gasteiger partial charge in [0.1, 0.15) is 34.8 Å². The Kier molecular flexibility index (Phi) is 6.08. The van der Waals surface area contributed by atoms with Crippen molar-refractivity contribution in [3.05, 3.63) is 62.7 Å². The smallest absolute Gasteiger partial charge is 0.281 e. The lowest BCUT2D eigenvalue weighted by atomic mass is 10.1. The Labute approximate surface area is 194 Å². The van der Waals surface area contributed by atoms with Gasteiger partial charge in [0.2, 0.25) is 5.95 Å². The minimum atomic E-state index is -3.07. The molecule has 1 unspecified atom stereocenters. The van der Waals surface area contributed by atoms with Crippen LogP contribution < -0.4 is 16.6 Å². The molecular formula is C20H15ClF3N9O. The summed E-state index contributed by atoms with van der Waals surface area (Å²) >= 11 is 6.16. The first-order valence-electron chi connectivity index (χ1n) is 9.78. The Hall–Kier alpha value is -4.18. The first-order chi connectivity index (χ1) is 16.2. The lowest BCUT2D eigenvalue weighted by Gasteiger charge is -2.22. The van der Waals surface area contributed by atoms with Crippen LogP contribution in [-0.2, 0) is 0 Å². The maximum atomic E-state index is 14.0. The third-order valence-corrected chi connectivity index (χ3v) is 5.24. The maximum Gasteiger partial charge on any atom is 0.281 e. The molecular weight excluding hydrogens is 475 g/mol. The van der Waals surface area contributed by atoms with E-state index in [4.69, 9.17) is 17.3 Å². The number of hydrogen-bond donors (Lipinski definition) is 3. The van der Waals surface area contributed by atoms with Crippen LogP contribution in [0.5, 0.6) is 0 Å². The van der Waals surface area contributed by atoms with Crippen LogP contribution in [0.15, 0.2) is 29.2 Å². The number of aromatic nitrogens is 6. The number of rotatable bonds is 6. The van der Waals surface area contributed by atoms with E-state index in [1.165, 1.54) is 12.3 Å². The number of aromatic amines is 1. The topological polar surface area (TPSA) is 151 Å². The average Bonchev–Trinajstić information content (AvgIpc) is 3.32. The predicted molar refractivity (Wildman–Crippen MR) is 117 cm³/mol. The summed E-state index contributed by atoms with van der Waals surface area (Å²) < 4.78 is 42.0. The average molecular weight is 490 g/mol. The van der Waals surface area contributed by atoms with Crippen molar-refractivity contribution >= 4 is 34.3 Å². The Morgan fingerprint density at radius 1 is 1.32 bits per heavy atom. The Morgan fingerprint density at radius 3 is 2.71 bits per heavy atom. The number of nitrogens with two attached hydrogens (primary N) is 1. The van der Waals surface area contributed by atoms with Gasteiger partial charge in [0.25, 0.3) is 12.0 Å². The Bertz CT molecular complexity index is 1480. The van der Waals surface area contributed by atoms with Crippen LogP contribution in [0.25, 0.3) is 16.7 Å².